The second kappa shape index (κ2) is 8.33. The van der Waals surface area contributed by atoms with Crippen LogP contribution in [0.5, 0.6) is 0 Å². The molecule has 0 atom stereocenters. The summed E-state index contributed by atoms with van der Waals surface area (Å²) in [6.45, 7) is 2.98. The van der Waals surface area contributed by atoms with Crippen LogP contribution in [0.2, 0.25) is 0 Å². The van der Waals surface area contributed by atoms with Crippen molar-refractivity contribution in [3.05, 3.63) is 0 Å². The molecule has 3 N–H and O–H groups in total. The molecule has 0 radical (unpaired) electrons. The van der Waals surface area contributed by atoms with Gasteiger partial charge in [-0.2, -0.15) is 11.8 Å². The lowest BCUT2D eigenvalue weighted by molar-refractivity contribution is 0.173. The molecule has 0 heterocycles. The Hall–Kier alpha value is 0.230. The van der Waals surface area contributed by atoms with Crippen LogP contribution in [0, 0.1) is 0 Å². The van der Waals surface area contributed by atoms with Gasteiger partial charge in [-0.3, -0.25) is 0 Å². The number of hydrogen-bond donors (Lipinski definition) is 3. The number of nitrogens with one attached hydrogen (secondary N) is 1. The molecule has 4 heteroatoms. The van der Waals surface area contributed by atoms with Crippen molar-refractivity contribution in [3.63, 3.8) is 0 Å². The summed E-state index contributed by atoms with van der Waals surface area (Å²) in [5, 5.41) is 20.3. The van der Waals surface area contributed by atoms with Gasteiger partial charge in [-0.05, 0) is 5.75 Å². The Bertz CT molecular complexity index is 78.8. The van der Waals surface area contributed by atoms with E-state index in [1.54, 1.807) is 0 Å². The van der Waals surface area contributed by atoms with Gasteiger partial charge in [0.2, 0.25) is 0 Å². The first-order valence-electron chi connectivity index (χ1n) is 3.88. The third kappa shape index (κ3) is 6.62. The fourth-order valence-corrected chi connectivity index (χ4v) is 1.22. The minimum atomic E-state index is -0.146. The average molecular weight is 179 g/mol. The van der Waals surface area contributed by atoms with Crippen LogP contribution in [-0.4, -0.2) is 47.5 Å². The molecule has 3 nitrogen and oxygen atoms in total. The van der Waals surface area contributed by atoms with Crippen LogP contribution in [0.1, 0.15) is 6.92 Å². The van der Waals surface area contributed by atoms with Crippen molar-refractivity contribution in [1.82, 2.24) is 5.32 Å². The van der Waals surface area contributed by atoms with Gasteiger partial charge in [-0.1, -0.05) is 6.92 Å². The maximum Gasteiger partial charge on any atom is 0.0607 e. The van der Waals surface area contributed by atoms with Crippen molar-refractivity contribution in [3.8, 4) is 0 Å². The summed E-state index contributed by atoms with van der Waals surface area (Å²) < 4.78 is 0. The Labute approximate surface area is 72.2 Å². The highest BCUT2D eigenvalue weighted by atomic mass is 32.2. The van der Waals surface area contributed by atoms with E-state index >= 15 is 0 Å². The molecular formula is C7H17NO2S. The van der Waals surface area contributed by atoms with Gasteiger partial charge >= 0.3 is 0 Å². The third-order valence-electron chi connectivity index (χ3n) is 1.32. The van der Waals surface area contributed by atoms with E-state index in [-0.39, 0.29) is 19.3 Å². The molecule has 0 aliphatic carbocycles. The highest BCUT2D eigenvalue weighted by molar-refractivity contribution is 7.99. The standard InChI is InChI=1S/C7H17NO2S/c1-2-11-4-3-8-7(5-9)6-10/h7-10H,2-6H2,1H3. The lowest BCUT2D eigenvalue weighted by Gasteiger charge is -2.12. The number of rotatable bonds is 7. The van der Waals surface area contributed by atoms with E-state index < -0.39 is 0 Å². The average Bonchev–Trinajstić information content (AvgIpc) is 2.05. The summed E-state index contributed by atoms with van der Waals surface area (Å²) in [5.74, 6) is 2.15. The largest absolute Gasteiger partial charge is 0.395 e. The van der Waals surface area contributed by atoms with Gasteiger partial charge in [0.05, 0.1) is 19.3 Å². The molecule has 0 unspecified atom stereocenters. The van der Waals surface area contributed by atoms with Gasteiger partial charge < -0.3 is 15.5 Å². The molecular weight excluding hydrogens is 162 g/mol. The molecule has 0 saturated heterocycles. The van der Waals surface area contributed by atoms with Crippen LogP contribution in [0.4, 0.5) is 0 Å². The first-order valence-corrected chi connectivity index (χ1v) is 5.03. The minimum absolute atomic E-state index is 0.00723. The maximum atomic E-state index is 8.65. The van der Waals surface area contributed by atoms with E-state index in [2.05, 4.69) is 12.2 Å². The lowest BCUT2D eigenvalue weighted by Crippen LogP contribution is -2.37. The Morgan fingerprint density at radius 1 is 1.36 bits per heavy atom. The van der Waals surface area contributed by atoms with Gasteiger partial charge in [0, 0.05) is 12.3 Å². The van der Waals surface area contributed by atoms with Crippen LogP contribution in [0.15, 0.2) is 0 Å². The number of thioether (sulfide) groups is 1. The van der Waals surface area contributed by atoms with Gasteiger partial charge in [0.15, 0.2) is 0 Å². The van der Waals surface area contributed by atoms with Crippen molar-refractivity contribution in [2.24, 2.45) is 0 Å². The second-order valence-corrected chi connectivity index (χ2v) is 3.61. The van der Waals surface area contributed by atoms with E-state index in [9.17, 15) is 0 Å². The maximum absolute atomic E-state index is 8.65. The fraction of sp³-hybridized carbons (Fsp3) is 1.00. The van der Waals surface area contributed by atoms with Crippen LogP contribution in [-0.2, 0) is 0 Å². The van der Waals surface area contributed by atoms with E-state index in [0.29, 0.717) is 0 Å². The molecule has 11 heavy (non-hydrogen) atoms. The molecule has 0 amide bonds. The molecule has 68 valence electrons. The molecule has 0 rings (SSSR count). The summed E-state index contributed by atoms with van der Waals surface area (Å²) in [6.07, 6.45) is 0. The van der Waals surface area contributed by atoms with Crippen molar-refractivity contribution < 1.29 is 10.2 Å². The molecule has 0 bridgehead atoms. The van der Waals surface area contributed by atoms with E-state index in [0.717, 1.165) is 18.1 Å². The van der Waals surface area contributed by atoms with E-state index in [4.69, 9.17) is 10.2 Å². The smallest absolute Gasteiger partial charge is 0.0607 e. The Kier molecular flexibility index (Phi) is 8.50. The molecule has 0 fully saturated rings. The zero-order valence-corrected chi connectivity index (χ0v) is 7.73. The van der Waals surface area contributed by atoms with E-state index in [1.807, 2.05) is 11.8 Å². The van der Waals surface area contributed by atoms with Crippen LogP contribution in [0.3, 0.4) is 0 Å². The summed E-state index contributed by atoms with van der Waals surface area (Å²) in [7, 11) is 0. The number of aliphatic hydroxyl groups is 2. The predicted molar refractivity (Wildman–Crippen MR) is 49.0 cm³/mol. The number of aliphatic hydroxyl groups excluding tert-OH is 2. The lowest BCUT2D eigenvalue weighted by atomic mass is 10.3. The molecule has 0 spiro atoms. The van der Waals surface area contributed by atoms with Gasteiger partial charge in [0.1, 0.15) is 0 Å². The van der Waals surface area contributed by atoms with Crippen molar-refractivity contribution >= 4 is 11.8 Å². The highest BCUT2D eigenvalue weighted by Crippen LogP contribution is 1.95. The van der Waals surface area contributed by atoms with Crippen molar-refractivity contribution in [2.45, 2.75) is 13.0 Å². The summed E-state index contributed by atoms with van der Waals surface area (Å²) >= 11 is 1.85. The quantitative estimate of drug-likeness (QED) is 0.469. The van der Waals surface area contributed by atoms with E-state index in [1.165, 1.54) is 0 Å². The molecule has 0 aliphatic rings. The minimum Gasteiger partial charge on any atom is -0.395 e. The molecule has 0 saturated carbocycles. The predicted octanol–water partition coefficient (Wildman–Crippen LogP) is -0.318. The fourth-order valence-electron chi connectivity index (χ4n) is 0.666. The SMILES string of the molecule is CCSCCNC(CO)CO. The topological polar surface area (TPSA) is 52.5 Å². The summed E-state index contributed by atoms with van der Waals surface area (Å²) in [5.41, 5.74) is 0. The highest BCUT2D eigenvalue weighted by Gasteiger charge is 2.02. The summed E-state index contributed by atoms with van der Waals surface area (Å²) in [4.78, 5) is 0. The summed E-state index contributed by atoms with van der Waals surface area (Å²) in [6, 6.07) is -0.146. The zero-order chi connectivity index (χ0) is 8.53. The van der Waals surface area contributed by atoms with Gasteiger partial charge in [-0.15, -0.1) is 0 Å². The van der Waals surface area contributed by atoms with Gasteiger partial charge in [0.25, 0.3) is 0 Å². The second-order valence-electron chi connectivity index (χ2n) is 2.21. The first kappa shape index (κ1) is 11.2. The molecule has 0 aliphatic heterocycles. The number of hydrogen-bond acceptors (Lipinski definition) is 4. The first-order chi connectivity index (χ1) is 5.35. The third-order valence-corrected chi connectivity index (χ3v) is 2.23. The Morgan fingerprint density at radius 3 is 2.45 bits per heavy atom. The monoisotopic (exact) mass is 179 g/mol. The molecule has 0 aromatic carbocycles. The van der Waals surface area contributed by atoms with Crippen LogP contribution >= 0.6 is 11.8 Å². The normalized spacial score (nSPS) is 10.9. The Balaban J connectivity index is 3.07. The van der Waals surface area contributed by atoms with Crippen LogP contribution in [0.25, 0.3) is 0 Å². The zero-order valence-electron chi connectivity index (χ0n) is 6.92. The van der Waals surface area contributed by atoms with Crippen molar-refractivity contribution in [2.75, 3.05) is 31.3 Å². The molecule has 0 aromatic heterocycles. The Morgan fingerprint density at radius 2 is 2.00 bits per heavy atom. The molecule has 0 aromatic rings. The van der Waals surface area contributed by atoms with Gasteiger partial charge in [-0.25, -0.2) is 0 Å². The van der Waals surface area contributed by atoms with Crippen LogP contribution < -0.4 is 5.32 Å². The van der Waals surface area contributed by atoms with Crippen molar-refractivity contribution in [1.29, 1.82) is 0 Å².